The second-order valence-electron chi connectivity index (χ2n) is 9.39. The van der Waals surface area contributed by atoms with Crippen LogP contribution in [-0.4, -0.2) is 39.2 Å². The number of non-ortho nitro benzene ring substituents is 1. The number of nitro groups is 1. The van der Waals surface area contributed by atoms with Crippen LogP contribution in [0.4, 0.5) is 11.4 Å². The molecule has 3 heterocycles. The Morgan fingerprint density at radius 1 is 1.11 bits per heavy atom. The van der Waals surface area contributed by atoms with Crippen molar-refractivity contribution in [3.63, 3.8) is 0 Å². The molecule has 3 aromatic rings. The van der Waals surface area contributed by atoms with Gasteiger partial charge < -0.3 is 5.32 Å². The van der Waals surface area contributed by atoms with Gasteiger partial charge in [-0.25, -0.2) is 0 Å². The molecule has 3 aliphatic heterocycles. The summed E-state index contributed by atoms with van der Waals surface area (Å²) in [6, 6.07) is 21.4. The Bertz CT molecular complexity index is 1380. The Balaban J connectivity index is 1.63. The molecule has 0 radical (unpaired) electrons. The molecule has 7 nitrogen and oxygen atoms in total. The maximum absolute atomic E-state index is 14.3. The second-order valence-corrected chi connectivity index (χ2v) is 10.4. The highest BCUT2D eigenvalue weighted by Gasteiger charge is 2.69. The highest BCUT2D eigenvalue weighted by molar-refractivity contribution is 7.99. The smallest absolute Gasteiger partial charge is 0.269 e. The Kier molecular flexibility index (Phi) is 5.05. The van der Waals surface area contributed by atoms with Crippen molar-refractivity contribution in [2.45, 2.75) is 24.4 Å². The van der Waals surface area contributed by atoms with Crippen molar-refractivity contribution >= 4 is 34.8 Å². The highest BCUT2D eigenvalue weighted by Crippen LogP contribution is 2.61. The van der Waals surface area contributed by atoms with E-state index in [1.165, 1.54) is 6.07 Å². The largest absolute Gasteiger partial charge is 0.324 e. The van der Waals surface area contributed by atoms with Gasteiger partial charge in [-0.1, -0.05) is 60.2 Å². The van der Waals surface area contributed by atoms with Gasteiger partial charge in [-0.2, -0.15) is 0 Å². The number of nitro benzene ring substituents is 1. The van der Waals surface area contributed by atoms with Crippen molar-refractivity contribution in [2.75, 3.05) is 16.9 Å². The summed E-state index contributed by atoms with van der Waals surface area (Å²) in [6.45, 7) is 1.98. The number of thioether (sulfide) groups is 1. The number of carbonyl (C=O) groups excluding carboxylic acids is 2. The Labute approximate surface area is 206 Å². The van der Waals surface area contributed by atoms with Gasteiger partial charge in [-0.15, -0.1) is 11.8 Å². The summed E-state index contributed by atoms with van der Waals surface area (Å²) >= 11 is 1.73. The molecular weight excluding hydrogens is 462 g/mol. The molecule has 8 heteroatoms. The van der Waals surface area contributed by atoms with Gasteiger partial charge >= 0.3 is 0 Å². The maximum Gasteiger partial charge on any atom is 0.269 e. The third-order valence-corrected chi connectivity index (χ3v) is 8.62. The number of hydrogen-bond acceptors (Lipinski definition) is 6. The Morgan fingerprint density at radius 3 is 2.69 bits per heavy atom. The number of benzene rings is 3. The number of aryl methyl sites for hydroxylation is 1. The van der Waals surface area contributed by atoms with Crippen molar-refractivity contribution in [3.05, 3.63) is 105 Å². The van der Waals surface area contributed by atoms with E-state index in [2.05, 4.69) is 10.2 Å². The van der Waals surface area contributed by atoms with Crippen LogP contribution in [-0.2, 0) is 10.3 Å². The zero-order valence-electron chi connectivity index (χ0n) is 19.0. The van der Waals surface area contributed by atoms with Crippen LogP contribution in [0.5, 0.6) is 0 Å². The number of nitrogens with one attached hydrogen (secondary N) is 1. The number of anilines is 1. The fourth-order valence-corrected chi connectivity index (χ4v) is 7.52. The molecule has 0 bridgehead atoms. The number of rotatable bonds is 4. The van der Waals surface area contributed by atoms with Gasteiger partial charge in [0, 0.05) is 52.5 Å². The summed E-state index contributed by atoms with van der Waals surface area (Å²) in [5.41, 5.74) is 2.61. The second kappa shape index (κ2) is 8.03. The number of carbonyl (C=O) groups is 2. The van der Waals surface area contributed by atoms with Crippen molar-refractivity contribution in [2.24, 2.45) is 5.92 Å². The Hall–Kier alpha value is -3.49. The lowest BCUT2D eigenvalue weighted by Gasteiger charge is -2.36. The van der Waals surface area contributed by atoms with Gasteiger partial charge in [-0.3, -0.25) is 24.6 Å². The number of Topliss-reactive ketones (excluding diaryl/α,β-unsaturated/α-hetero) is 1. The molecule has 6 rings (SSSR count). The first-order valence-corrected chi connectivity index (χ1v) is 12.7. The molecule has 176 valence electrons. The van der Waals surface area contributed by atoms with E-state index in [1.54, 1.807) is 36.0 Å². The van der Waals surface area contributed by atoms with Gasteiger partial charge in [0.1, 0.15) is 5.54 Å². The van der Waals surface area contributed by atoms with Crippen molar-refractivity contribution in [1.82, 2.24) is 4.90 Å². The zero-order valence-corrected chi connectivity index (χ0v) is 19.8. The van der Waals surface area contributed by atoms with Crippen LogP contribution < -0.4 is 5.32 Å². The zero-order chi connectivity index (χ0) is 24.3. The van der Waals surface area contributed by atoms with Gasteiger partial charge in [0.05, 0.1) is 10.8 Å². The molecule has 3 aromatic carbocycles. The summed E-state index contributed by atoms with van der Waals surface area (Å²) in [5.74, 6) is -0.0908. The van der Waals surface area contributed by atoms with Crippen molar-refractivity contribution in [1.29, 1.82) is 0 Å². The minimum absolute atomic E-state index is 0.0151. The molecular formula is C27H23N3O4S. The molecule has 1 spiro atoms. The minimum Gasteiger partial charge on any atom is -0.324 e. The van der Waals surface area contributed by atoms with E-state index in [4.69, 9.17) is 0 Å². The number of hydrogen-bond donors (Lipinski definition) is 1. The first-order valence-electron chi connectivity index (χ1n) is 11.5. The molecule has 1 N–H and O–H groups in total. The van der Waals surface area contributed by atoms with Crippen LogP contribution in [0.3, 0.4) is 0 Å². The summed E-state index contributed by atoms with van der Waals surface area (Å²) in [5, 5.41) is 14.7. The molecule has 1 amide bonds. The van der Waals surface area contributed by atoms with Gasteiger partial charge in [0.25, 0.3) is 5.69 Å². The van der Waals surface area contributed by atoms with E-state index < -0.39 is 16.4 Å². The monoisotopic (exact) mass is 485 g/mol. The molecule has 0 saturated carbocycles. The lowest BCUT2D eigenvalue weighted by molar-refractivity contribution is -0.384. The fraction of sp³-hybridized carbons (Fsp3) is 0.259. The standard InChI is InChI=1S/C27H23N3O4S/c1-16-10-11-21-20(12-16)27(26(32)28-21)24(25(31)17-6-3-2-4-7-17)23(22-14-35-15-29(22)27)18-8-5-9-19(13-18)30(33)34/h2-13,22-24H,14-15H2,1H3,(H,28,32)/t22-,23-,24-,27+/m0/s1. The van der Waals surface area contributed by atoms with E-state index in [9.17, 15) is 19.7 Å². The van der Waals surface area contributed by atoms with Crippen molar-refractivity contribution in [3.8, 4) is 0 Å². The fourth-order valence-electron chi connectivity index (χ4n) is 6.19. The first kappa shape index (κ1) is 22.0. The predicted octanol–water partition coefficient (Wildman–Crippen LogP) is 4.72. The molecule has 3 aliphatic rings. The average molecular weight is 486 g/mol. The van der Waals surface area contributed by atoms with Gasteiger partial charge in [0.15, 0.2) is 5.78 Å². The molecule has 0 unspecified atom stereocenters. The lowest BCUT2D eigenvalue weighted by atomic mass is 9.69. The van der Waals surface area contributed by atoms with Gasteiger partial charge in [0.2, 0.25) is 5.91 Å². The summed E-state index contributed by atoms with van der Waals surface area (Å²) < 4.78 is 0. The SMILES string of the molecule is Cc1ccc2c(c1)[C@]1(C(=O)N2)[C@H](C(=O)c2ccccc2)[C@@H](c2cccc([N+](=O)[O-])c2)[C@@H]2CSCN21. The van der Waals surface area contributed by atoms with Crippen LogP contribution >= 0.6 is 11.8 Å². The number of fused-ring (bicyclic) bond motifs is 4. The van der Waals surface area contributed by atoms with E-state index in [0.29, 0.717) is 11.4 Å². The Morgan fingerprint density at radius 2 is 1.91 bits per heavy atom. The van der Waals surface area contributed by atoms with Crippen LogP contribution in [0.1, 0.15) is 33.0 Å². The predicted molar refractivity (Wildman–Crippen MR) is 135 cm³/mol. The summed E-state index contributed by atoms with van der Waals surface area (Å²) in [7, 11) is 0. The van der Waals surface area contributed by atoms with E-state index >= 15 is 0 Å². The van der Waals surface area contributed by atoms with E-state index in [1.807, 2.05) is 49.4 Å². The quantitative estimate of drug-likeness (QED) is 0.327. The normalized spacial score (nSPS) is 27.0. The summed E-state index contributed by atoms with van der Waals surface area (Å²) in [4.78, 5) is 41.7. The van der Waals surface area contributed by atoms with Crippen LogP contribution in [0.15, 0.2) is 72.8 Å². The molecule has 4 atom stereocenters. The maximum atomic E-state index is 14.3. The van der Waals surface area contributed by atoms with E-state index in [0.717, 1.165) is 28.1 Å². The lowest BCUT2D eigenvalue weighted by Crippen LogP contribution is -2.52. The molecule has 0 aromatic heterocycles. The number of nitrogens with zero attached hydrogens (tertiary/aromatic N) is 2. The van der Waals surface area contributed by atoms with Crippen molar-refractivity contribution < 1.29 is 14.5 Å². The molecule has 2 fully saturated rings. The summed E-state index contributed by atoms with van der Waals surface area (Å²) in [6.07, 6.45) is 0. The topological polar surface area (TPSA) is 92.5 Å². The molecule has 0 aliphatic carbocycles. The third-order valence-electron chi connectivity index (χ3n) is 7.58. The van der Waals surface area contributed by atoms with Crippen LogP contribution in [0, 0.1) is 23.0 Å². The number of amides is 1. The molecule has 2 saturated heterocycles. The highest BCUT2D eigenvalue weighted by atomic mass is 32.2. The molecule has 35 heavy (non-hydrogen) atoms. The van der Waals surface area contributed by atoms with Crippen LogP contribution in [0.2, 0.25) is 0 Å². The van der Waals surface area contributed by atoms with Gasteiger partial charge in [-0.05, 0) is 18.6 Å². The van der Waals surface area contributed by atoms with Crippen LogP contribution in [0.25, 0.3) is 0 Å². The first-order chi connectivity index (χ1) is 16.9. The minimum atomic E-state index is -1.18. The average Bonchev–Trinajstić information content (AvgIpc) is 3.52. The number of ketones is 1. The van der Waals surface area contributed by atoms with E-state index in [-0.39, 0.29) is 29.3 Å². The third kappa shape index (κ3) is 3.10.